The number of aryl methyl sites for hydroxylation is 1. The molecule has 1 aliphatic carbocycles. The van der Waals surface area contributed by atoms with Crippen LogP contribution in [0.4, 0.5) is 5.82 Å². The second kappa shape index (κ2) is 6.74. The van der Waals surface area contributed by atoms with Crippen molar-refractivity contribution in [3.63, 3.8) is 0 Å². The van der Waals surface area contributed by atoms with Crippen molar-refractivity contribution in [1.82, 2.24) is 9.78 Å². The first-order valence-electron chi connectivity index (χ1n) is 9.57. The van der Waals surface area contributed by atoms with E-state index < -0.39 is 0 Å². The molecule has 4 nitrogen and oxygen atoms in total. The van der Waals surface area contributed by atoms with Gasteiger partial charge in [-0.05, 0) is 49.6 Å². The van der Waals surface area contributed by atoms with Crippen molar-refractivity contribution in [2.75, 3.05) is 5.32 Å². The highest BCUT2D eigenvalue weighted by atomic mass is 79.9. The molecular formula is C23H20BrN3O. The van der Waals surface area contributed by atoms with E-state index in [2.05, 4.69) is 45.5 Å². The molecule has 1 aliphatic heterocycles. The van der Waals surface area contributed by atoms with Gasteiger partial charge < -0.3 is 5.32 Å². The van der Waals surface area contributed by atoms with E-state index in [1.807, 2.05) is 41.9 Å². The van der Waals surface area contributed by atoms with Crippen molar-refractivity contribution in [2.45, 2.75) is 32.1 Å². The average Bonchev–Trinajstić information content (AvgIpc) is 3.04. The van der Waals surface area contributed by atoms with E-state index >= 15 is 0 Å². The molecule has 0 spiro atoms. The Balaban J connectivity index is 1.75. The summed E-state index contributed by atoms with van der Waals surface area (Å²) in [7, 11) is 0. The van der Waals surface area contributed by atoms with Crippen LogP contribution in [-0.2, 0) is 4.79 Å². The van der Waals surface area contributed by atoms with Gasteiger partial charge in [0.1, 0.15) is 5.82 Å². The lowest BCUT2D eigenvalue weighted by atomic mass is 9.76. The number of hydrogen-bond donors (Lipinski definition) is 1. The number of Topliss-reactive ketones (excluding diaryl/α,β-unsaturated/α-hetero) is 1. The summed E-state index contributed by atoms with van der Waals surface area (Å²) in [6, 6.07) is 18.4. The van der Waals surface area contributed by atoms with Crippen LogP contribution < -0.4 is 5.32 Å². The summed E-state index contributed by atoms with van der Waals surface area (Å²) in [5.41, 5.74) is 6.15. The summed E-state index contributed by atoms with van der Waals surface area (Å²) in [6.45, 7) is 2.03. The van der Waals surface area contributed by atoms with Crippen LogP contribution in [-0.4, -0.2) is 15.6 Å². The fraction of sp³-hybridized carbons (Fsp3) is 0.217. The predicted octanol–water partition coefficient (Wildman–Crippen LogP) is 5.51. The van der Waals surface area contributed by atoms with Gasteiger partial charge in [0.25, 0.3) is 0 Å². The fourth-order valence-corrected chi connectivity index (χ4v) is 4.63. The molecule has 0 radical (unpaired) electrons. The highest BCUT2D eigenvalue weighted by Gasteiger charge is 2.38. The van der Waals surface area contributed by atoms with Gasteiger partial charge >= 0.3 is 0 Å². The highest BCUT2D eigenvalue weighted by molar-refractivity contribution is 9.10. The molecule has 0 amide bonds. The summed E-state index contributed by atoms with van der Waals surface area (Å²) in [4.78, 5) is 12.9. The van der Waals surface area contributed by atoms with Crippen molar-refractivity contribution >= 4 is 27.5 Å². The maximum atomic E-state index is 12.9. The Kier molecular flexibility index (Phi) is 4.20. The van der Waals surface area contributed by atoms with Gasteiger partial charge in [-0.25, -0.2) is 4.68 Å². The Bertz CT molecular complexity index is 1100. The van der Waals surface area contributed by atoms with E-state index in [0.717, 1.165) is 56.9 Å². The first-order valence-corrected chi connectivity index (χ1v) is 10.4. The Morgan fingerprint density at radius 2 is 1.82 bits per heavy atom. The molecule has 2 heterocycles. The lowest BCUT2D eigenvalue weighted by Crippen LogP contribution is -2.27. The molecule has 1 atom stereocenters. The van der Waals surface area contributed by atoms with Crippen molar-refractivity contribution in [1.29, 1.82) is 0 Å². The lowest BCUT2D eigenvalue weighted by Gasteiger charge is -2.33. The highest BCUT2D eigenvalue weighted by Crippen LogP contribution is 2.47. The number of rotatable bonds is 2. The Morgan fingerprint density at radius 3 is 2.57 bits per heavy atom. The summed E-state index contributed by atoms with van der Waals surface area (Å²) >= 11 is 3.52. The quantitative estimate of drug-likeness (QED) is 0.579. The third-order valence-electron chi connectivity index (χ3n) is 5.61. The SMILES string of the molecule is Cc1nn(-c2ccccc2)c2c1[C@@H](c1ccc(Br)cc1)C1=C(CCCC1=O)N2. The Morgan fingerprint density at radius 1 is 1.07 bits per heavy atom. The topological polar surface area (TPSA) is 46.9 Å². The van der Waals surface area contributed by atoms with E-state index in [1.54, 1.807) is 0 Å². The number of carbonyl (C=O) groups excluding carboxylic acids is 1. The van der Waals surface area contributed by atoms with Gasteiger partial charge in [0.2, 0.25) is 0 Å². The number of nitrogens with zero attached hydrogens (tertiary/aromatic N) is 2. The molecule has 2 aromatic carbocycles. The second-order valence-corrected chi connectivity index (χ2v) is 8.29. The monoisotopic (exact) mass is 433 g/mol. The number of benzene rings is 2. The predicted molar refractivity (Wildman–Crippen MR) is 114 cm³/mol. The van der Waals surface area contributed by atoms with Gasteiger partial charge in [-0.1, -0.05) is 46.3 Å². The van der Waals surface area contributed by atoms with Crippen LogP contribution >= 0.6 is 15.9 Å². The number of nitrogens with one attached hydrogen (secondary N) is 1. The third kappa shape index (κ3) is 2.73. The maximum Gasteiger partial charge on any atom is 0.161 e. The maximum absolute atomic E-state index is 12.9. The van der Waals surface area contributed by atoms with Crippen LogP contribution in [0.15, 0.2) is 70.3 Å². The van der Waals surface area contributed by atoms with Crippen molar-refractivity contribution < 1.29 is 4.79 Å². The molecule has 0 saturated heterocycles. The number of aromatic nitrogens is 2. The van der Waals surface area contributed by atoms with E-state index in [0.29, 0.717) is 6.42 Å². The molecule has 0 unspecified atom stereocenters. The minimum absolute atomic E-state index is 0.0791. The number of anilines is 1. The smallest absolute Gasteiger partial charge is 0.161 e. The van der Waals surface area contributed by atoms with E-state index in [9.17, 15) is 4.79 Å². The standard InChI is InChI=1S/C23H20BrN3O/c1-14-20-21(15-10-12-16(24)13-11-15)22-18(8-5-9-19(22)28)25-23(20)27(26-14)17-6-3-2-4-7-17/h2-4,6-7,10-13,21,25H,5,8-9H2,1H3/t21-/m1/s1. The lowest BCUT2D eigenvalue weighted by molar-refractivity contribution is -0.116. The van der Waals surface area contributed by atoms with Gasteiger partial charge in [-0.2, -0.15) is 5.10 Å². The van der Waals surface area contributed by atoms with Crippen LogP contribution in [0.1, 0.15) is 42.0 Å². The number of halogens is 1. The molecule has 5 rings (SSSR count). The molecule has 3 aromatic rings. The number of hydrogen-bond acceptors (Lipinski definition) is 3. The first kappa shape index (κ1) is 17.4. The number of carbonyl (C=O) groups is 1. The zero-order chi connectivity index (χ0) is 19.3. The average molecular weight is 434 g/mol. The summed E-state index contributed by atoms with van der Waals surface area (Å²) in [5.74, 6) is 1.15. The van der Waals surface area contributed by atoms with Crippen molar-refractivity contribution in [3.8, 4) is 5.69 Å². The summed E-state index contributed by atoms with van der Waals surface area (Å²) in [5, 5.41) is 8.42. The molecular weight excluding hydrogens is 414 g/mol. The molecule has 28 heavy (non-hydrogen) atoms. The number of ketones is 1. The Labute approximate surface area is 172 Å². The van der Waals surface area contributed by atoms with Gasteiger partial charge in [0.05, 0.1) is 11.4 Å². The summed E-state index contributed by atoms with van der Waals surface area (Å²) < 4.78 is 3.01. The fourth-order valence-electron chi connectivity index (χ4n) is 4.37. The van der Waals surface area contributed by atoms with Crippen molar-refractivity contribution in [3.05, 3.63) is 87.2 Å². The second-order valence-electron chi connectivity index (χ2n) is 7.37. The minimum atomic E-state index is -0.0791. The van der Waals surface area contributed by atoms with E-state index in [-0.39, 0.29) is 11.7 Å². The molecule has 1 aromatic heterocycles. The molecule has 1 N–H and O–H groups in total. The molecule has 5 heteroatoms. The third-order valence-corrected chi connectivity index (χ3v) is 6.14. The van der Waals surface area contributed by atoms with Crippen LogP contribution in [0.3, 0.4) is 0 Å². The molecule has 2 aliphatic rings. The van der Waals surface area contributed by atoms with Gasteiger partial charge in [-0.15, -0.1) is 0 Å². The van der Waals surface area contributed by atoms with Crippen LogP contribution in [0.5, 0.6) is 0 Å². The molecule has 140 valence electrons. The zero-order valence-corrected chi connectivity index (χ0v) is 17.2. The Hall–Kier alpha value is -2.66. The van der Waals surface area contributed by atoms with Gasteiger partial charge in [0.15, 0.2) is 5.78 Å². The molecule has 0 fully saturated rings. The van der Waals surface area contributed by atoms with Crippen LogP contribution in [0.2, 0.25) is 0 Å². The van der Waals surface area contributed by atoms with E-state index in [4.69, 9.17) is 5.10 Å². The minimum Gasteiger partial charge on any atom is -0.343 e. The van der Waals surface area contributed by atoms with Gasteiger partial charge in [0, 0.05) is 33.6 Å². The van der Waals surface area contributed by atoms with Crippen LogP contribution in [0.25, 0.3) is 5.69 Å². The van der Waals surface area contributed by atoms with Crippen LogP contribution in [0, 0.1) is 6.92 Å². The van der Waals surface area contributed by atoms with Crippen molar-refractivity contribution in [2.24, 2.45) is 0 Å². The number of para-hydroxylation sites is 1. The van der Waals surface area contributed by atoms with E-state index in [1.165, 1.54) is 0 Å². The normalized spacial score (nSPS) is 18.5. The largest absolute Gasteiger partial charge is 0.343 e. The number of allylic oxidation sites excluding steroid dienone is 2. The first-order chi connectivity index (χ1) is 13.6. The number of fused-ring (bicyclic) bond motifs is 1. The summed E-state index contributed by atoms with van der Waals surface area (Å²) in [6.07, 6.45) is 2.41. The molecule has 0 bridgehead atoms. The molecule has 0 saturated carbocycles. The zero-order valence-electron chi connectivity index (χ0n) is 15.6. The van der Waals surface area contributed by atoms with Gasteiger partial charge in [-0.3, -0.25) is 4.79 Å².